The molecule has 1 saturated heterocycles. The first kappa shape index (κ1) is 19.5. The van der Waals surface area contributed by atoms with Gasteiger partial charge in [-0.3, -0.25) is 4.79 Å². The summed E-state index contributed by atoms with van der Waals surface area (Å²) in [5, 5.41) is 3.88. The minimum Gasteiger partial charge on any atom is -0.361 e. The van der Waals surface area contributed by atoms with E-state index in [0.717, 1.165) is 35.9 Å². The number of aromatic amines is 1. The molecule has 0 saturated carbocycles. The molecule has 9 heteroatoms. The molecule has 4 heterocycles. The van der Waals surface area contributed by atoms with Crippen LogP contribution in [0.3, 0.4) is 0 Å². The average molecular weight is 406 g/mol. The van der Waals surface area contributed by atoms with E-state index in [4.69, 9.17) is 4.52 Å². The van der Waals surface area contributed by atoms with E-state index in [1.165, 1.54) is 6.07 Å². The van der Waals surface area contributed by atoms with Crippen molar-refractivity contribution in [1.82, 2.24) is 20.0 Å². The molecular formula is C20H21F3N4O2. The van der Waals surface area contributed by atoms with Gasteiger partial charge in [0.2, 0.25) is 5.91 Å². The Labute approximate surface area is 165 Å². The fourth-order valence-corrected chi connectivity index (χ4v) is 3.86. The maximum Gasteiger partial charge on any atom is 0.433 e. The summed E-state index contributed by atoms with van der Waals surface area (Å²) in [6, 6.07) is 4.09. The summed E-state index contributed by atoms with van der Waals surface area (Å²) in [6.45, 7) is 4.81. The van der Waals surface area contributed by atoms with Crippen LogP contribution in [0.4, 0.5) is 13.2 Å². The van der Waals surface area contributed by atoms with Crippen LogP contribution in [0.25, 0.3) is 11.0 Å². The van der Waals surface area contributed by atoms with Crippen LogP contribution in [0.5, 0.6) is 0 Å². The smallest absolute Gasteiger partial charge is 0.361 e. The zero-order valence-electron chi connectivity index (χ0n) is 16.1. The van der Waals surface area contributed by atoms with E-state index < -0.39 is 11.9 Å². The number of piperidine rings is 1. The molecule has 1 amide bonds. The van der Waals surface area contributed by atoms with Crippen molar-refractivity contribution in [3.05, 3.63) is 46.6 Å². The number of nitrogens with one attached hydrogen (secondary N) is 1. The number of carbonyl (C=O) groups excluding carboxylic acids is 1. The van der Waals surface area contributed by atoms with Crippen molar-refractivity contribution in [2.24, 2.45) is 0 Å². The number of carbonyl (C=O) groups is 1. The lowest BCUT2D eigenvalue weighted by Gasteiger charge is -2.31. The molecule has 4 rings (SSSR count). The number of alkyl halides is 3. The molecule has 0 bridgehead atoms. The van der Waals surface area contributed by atoms with E-state index in [0.29, 0.717) is 29.9 Å². The third-order valence-electron chi connectivity index (χ3n) is 5.58. The first-order valence-corrected chi connectivity index (χ1v) is 9.48. The van der Waals surface area contributed by atoms with Gasteiger partial charge in [-0.05, 0) is 44.9 Å². The second-order valence-electron chi connectivity index (χ2n) is 7.49. The minimum absolute atomic E-state index is 0.0333. The number of aromatic nitrogens is 3. The summed E-state index contributed by atoms with van der Waals surface area (Å²) in [4.78, 5) is 21.4. The molecule has 1 N–H and O–H groups in total. The summed E-state index contributed by atoms with van der Waals surface area (Å²) in [7, 11) is 0. The van der Waals surface area contributed by atoms with Crippen LogP contribution < -0.4 is 0 Å². The second-order valence-corrected chi connectivity index (χ2v) is 7.49. The monoisotopic (exact) mass is 406 g/mol. The average Bonchev–Trinajstić information content (AvgIpc) is 3.25. The van der Waals surface area contributed by atoms with Crippen molar-refractivity contribution in [3.63, 3.8) is 0 Å². The highest BCUT2D eigenvalue weighted by Gasteiger charge is 2.33. The van der Waals surface area contributed by atoms with Crippen molar-refractivity contribution in [1.29, 1.82) is 0 Å². The summed E-state index contributed by atoms with van der Waals surface area (Å²) in [5.74, 6) is 0.849. The summed E-state index contributed by atoms with van der Waals surface area (Å²) >= 11 is 0. The minimum atomic E-state index is -4.46. The molecule has 6 nitrogen and oxygen atoms in total. The number of hydrogen-bond acceptors (Lipinski definition) is 4. The first-order chi connectivity index (χ1) is 13.7. The third kappa shape index (κ3) is 3.86. The molecule has 1 aliphatic heterocycles. The number of hydrogen-bond donors (Lipinski definition) is 1. The molecule has 0 unspecified atom stereocenters. The molecule has 1 fully saturated rings. The molecule has 0 radical (unpaired) electrons. The van der Waals surface area contributed by atoms with Gasteiger partial charge in [-0.15, -0.1) is 0 Å². The number of likely N-dealkylation sites (tertiary alicyclic amines) is 1. The Kier molecular flexibility index (Phi) is 4.84. The Hall–Kier alpha value is -2.84. The predicted octanol–water partition coefficient (Wildman–Crippen LogP) is 4.14. The largest absolute Gasteiger partial charge is 0.433 e. The van der Waals surface area contributed by atoms with Crippen molar-refractivity contribution < 1.29 is 22.5 Å². The molecule has 0 aliphatic carbocycles. The Bertz CT molecular complexity index is 1030. The number of halogens is 3. The van der Waals surface area contributed by atoms with Crippen LogP contribution in [0, 0.1) is 13.8 Å². The number of amides is 1. The zero-order chi connectivity index (χ0) is 20.8. The molecule has 154 valence electrons. The standard InChI is InChI=1S/C20H21F3N4O2/c1-11-14(12(2)29-26-11)9-19(28)27-7-5-13(6-8-27)16-10-17-15(24-16)3-4-18(25-17)20(21,22)23/h3-4,10,13,24H,5-9H2,1-2H3. The Balaban J connectivity index is 1.42. The maximum atomic E-state index is 12.9. The highest BCUT2D eigenvalue weighted by molar-refractivity contribution is 5.79. The molecular weight excluding hydrogens is 385 g/mol. The number of rotatable bonds is 3. The number of pyridine rings is 1. The van der Waals surface area contributed by atoms with Crippen LogP contribution in [0.1, 0.15) is 47.2 Å². The molecule has 0 aromatic carbocycles. The van der Waals surface area contributed by atoms with Crippen molar-refractivity contribution in [3.8, 4) is 0 Å². The fourth-order valence-electron chi connectivity index (χ4n) is 3.86. The van der Waals surface area contributed by atoms with Gasteiger partial charge in [0.05, 0.1) is 23.1 Å². The van der Waals surface area contributed by atoms with E-state index in [2.05, 4.69) is 15.1 Å². The van der Waals surface area contributed by atoms with E-state index in [-0.39, 0.29) is 18.2 Å². The van der Waals surface area contributed by atoms with Crippen LogP contribution in [0.15, 0.2) is 22.7 Å². The lowest BCUT2D eigenvalue weighted by molar-refractivity contribution is -0.141. The SMILES string of the molecule is Cc1noc(C)c1CC(=O)N1CCC(c2cc3nc(C(F)(F)F)ccc3[nH]2)CC1. The van der Waals surface area contributed by atoms with Gasteiger partial charge in [-0.2, -0.15) is 13.2 Å². The van der Waals surface area contributed by atoms with Crippen molar-refractivity contribution >= 4 is 16.9 Å². The second kappa shape index (κ2) is 7.20. The lowest BCUT2D eigenvalue weighted by atomic mass is 9.93. The summed E-state index contributed by atoms with van der Waals surface area (Å²) in [6.07, 6.45) is -2.71. The molecule has 0 atom stereocenters. The Morgan fingerprint density at radius 2 is 2.00 bits per heavy atom. The van der Waals surface area contributed by atoms with Gasteiger partial charge in [0, 0.05) is 30.3 Å². The summed E-state index contributed by atoms with van der Waals surface area (Å²) < 4.78 is 43.7. The normalized spacial score (nSPS) is 16.0. The van der Waals surface area contributed by atoms with Crippen molar-refractivity contribution in [2.45, 2.75) is 45.2 Å². The zero-order valence-corrected chi connectivity index (χ0v) is 16.1. The van der Waals surface area contributed by atoms with Gasteiger partial charge in [0.1, 0.15) is 11.5 Å². The molecule has 3 aromatic rings. The van der Waals surface area contributed by atoms with Gasteiger partial charge >= 0.3 is 6.18 Å². The van der Waals surface area contributed by atoms with E-state index in [9.17, 15) is 18.0 Å². The Morgan fingerprint density at radius 3 is 2.62 bits per heavy atom. The third-order valence-corrected chi connectivity index (χ3v) is 5.58. The first-order valence-electron chi connectivity index (χ1n) is 9.48. The number of H-pyrrole nitrogens is 1. The van der Waals surface area contributed by atoms with Gasteiger partial charge in [-0.25, -0.2) is 4.98 Å². The molecule has 0 spiro atoms. The number of fused-ring (bicyclic) bond motifs is 1. The van der Waals surface area contributed by atoms with Gasteiger partial charge < -0.3 is 14.4 Å². The topological polar surface area (TPSA) is 75.0 Å². The van der Waals surface area contributed by atoms with Gasteiger partial charge in [-0.1, -0.05) is 5.16 Å². The fraction of sp³-hybridized carbons (Fsp3) is 0.450. The quantitative estimate of drug-likeness (QED) is 0.710. The Morgan fingerprint density at radius 1 is 1.28 bits per heavy atom. The lowest BCUT2D eigenvalue weighted by Crippen LogP contribution is -2.39. The highest BCUT2D eigenvalue weighted by Crippen LogP contribution is 2.32. The number of nitrogens with zero attached hydrogens (tertiary/aromatic N) is 3. The van der Waals surface area contributed by atoms with E-state index in [1.54, 1.807) is 13.0 Å². The van der Waals surface area contributed by atoms with Crippen LogP contribution in [0.2, 0.25) is 0 Å². The van der Waals surface area contributed by atoms with Crippen LogP contribution in [-0.4, -0.2) is 39.0 Å². The maximum absolute atomic E-state index is 12.9. The van der Waals surface area contributed by atoms with Crippen LogP contribution in [-0.2, 0) is 17.4 Å². The van der Waals surface area contributed by atoms with E-state index in [1.807, 2.05) is 11.8 Å². The highest BCUT2D eigenvalue weighted by atomic mass is 19.4. The predicted molar refractivity (Wildman–Crippen MR) is 99.3 cm³/mol. The van der Waals surface area contributed by atoms with E-state index >= 15 is 0 Å². The number of aryl methyl sites for hydroxylation is 2. The van der Waals surface area contributed by atoms with Crippen LogP contribution >= 0.6 is 0 Å². The van der Waals surface area contributed by atoms with Crippen molar-refractivity contribution in [2.75, 3.05) is 13.1 Å². The molecule has 3 aromatic heterocycles. The molecule has 29 heavy (non-hydrogen) atoms. The molecule has 1 aliphatic rings. The summed E-state index contributed by atoms with van der Waals surface area (Å²) in [5.41, 5.74) is 2.44. The van der Waals surface area contributed by atoms with Gasteiger partial charge in [0.15, 0.2) is 0 Å². The van der Waals surface area contributed by atoms with Gasteiger partial charge in [0.25, 0.3) is 0 Å².